The molecule has 5 nitrogen and oxygen atoms in total. The van der Waals surface area contributed by atoms with Gasteiger partial charge in [0.1, 0.15) is 10.8 Å². The molecule has 0 fully saturated rings. The van der Waals surface area contributed by atoms with Crippen LogP contribution in [0.25, 0.3) is 0 Å². The average Bonchev–Trinajstić information content (AvgIpc) is 2.90. The molecule has 3 N–H and O–H groups in total. The van der Waals surface area contributed by atoms with Crippen molar-refractivity contribution >= 4 is 17.4 Å². The molecule has 22 heavy (non-hydrogen) atoms. The van der Waals surface area contributed by atoms with Gasteiger partial charge in [-0.15, -0.1) is 11.3 Å². The highest BCUT2D eigenvalue weighted by molar-refractivity contribution is 7.09. The molecule has 2 amide bonds. The molecule has 0 radical (unpaired) electrons. The minimum absolute atomic E-state index is 0.0758. The Balaban J connectivity index is 1.68. The Bertz CT molecular complexity index is 610. The van der Waals surface area contributed by atoms with E-state index in [-0.39, 0.29) is 17.8 Å². The van der Waals surface area contributed by atoms with Crippen LogP contribution in [0.4, 0.5) is 4.79 Å². The predicted molar refractivity (Wildman–Crippen MR) is 88.1 cm³/mol. The van der Waals surface area contributed by atoms with Crippen molar-refractivity contribution in [2.45, 2.75) is 39.3 Å². The summed E-state index contributed by atoms with van der Waals surface area (Å²) < 4.78 is 0. The van der Waals surface area contributed by atoms with Gasteiger partial charge in [-0.1, -0.05) is 12.1 Å². The summed E-state index contributed by atoms with van der Waals surface area (Å²) in [6, 6.07) is 7.05. The molecule has 1 unspecified atom stereocenters. The summed E-state index contributed by atoms with van der Waals surface area (Å²) in [4.78, 5) is 16.1. The van der Waals surface area contributed by atoms with Crippen LogP contribution < -0.4 is 10.6 Å². The number of aromatic hydroxyl groups is 1. The first kappa shape index (κ1) is 16.3. The summed E-state index contributed by atoms with van der Waals surface area (Å²) in [6.45, 7) is 4.37. The molecule has 1 heterocycles. The van der Waals surface area contributed by atoms with Gasteiger partial charge in [-0.25, -0.2) is 9.78 Å². The molecule has 0 aliphatic rings. The van der Waals surface area contributed by atoms with E-state index in [4.69, 9.17) is 0 Å². The number of hydrogen-bond donors (Lipinski definition) is 3. The summed E-state index contributed by atoms with van der Waals surface area (Å²) in [5, 5.41) is 17.8. The maximum absolute atomic E-state index is 11.8. The molecular formula is C16H21N3O2S. The van der Waals surface area contributed by atoms with E-state index < -0.39 is 0 Å². The van der Waals surface area contributed by atoms with Crippen molar-refractivity contribution in [2.24, 2.45) is 0 Å². The fourth-order valence-electron chi connectivity index (χ4n) is 2.03. The van der Waals surface area contributed by atoms with Crippen molar-refractivity contribution in [1.29, 1.82) is 0 Å². The topological polar surface area (TPSA) is 74.2 Å². The number of amides is 2. The molecule has 1 aromatic heterocycles. The number of thiazole rings is 1. The molecule has 0 bridgehead atoms. The zero-order valence-electron chi connectivity index (χ0n) is 12.8. The number of aryl methyl sites for hydroxylation is 2. The molecule has 0 aliphatic carbocycles. The Kier molecular flexibility index (Phi) is 5.77. The molecule has 0 saturated carbocycles. The molecule has 2 aromatic rings. The van der Waals surface area contributed by atoms with E-state index in [0.29, 0.717) is 6.54 Å². The molecule has 1 atom stereocenters. The molecular weight excluding hydrogens is 298 g/mol. The number of phenols is 1. The van der Waals surface area contributed by atoms with Gasteiger partial charge < -0.3 is 15.7 Å². The second-order valence-electron chi connectivity index (χ2n) is 5.32. The average molecular weight is 319 g/mol. The van der Waals surface area contributed by atoms with Gasteiger partial charge in [0.05, 0.1) is 6.54 Å². The van der Waals surface area contributed by atoms with Crippen LogP contribution in [-0.2, 0) is 13.0 Å². The lowest BCUT2D eigenvalue weighted by atomic mass is 10.1. The Labute approximate surface area is 134 Å². The Morgan fingerprint density at radius 3 is 2.73 bits per heavy atom. The van der Waals surface area contributed by atoms with E-state index in [2.05, 4.69) is 15.6 Å². The third kappa shape index (κ3) is 5.37. The van der Waals surface area contributed by atoms with Crippen molar-refractivity contribution in [3.8, 4) is 5.75 Å². The van der Waals surface area contributed by atoms with Crippen molar-refractivity contribution in [3.63, 3.8) is 0 Å². The molecule has 6 heteroatoms. The van der Waals surface area contributed by atoms with Gasteiger partial charge in [0.25, 0.3) is 0 Å². The smallest absolute Gasteiger partial charge is 0.315 e. The molecule has 0 aliphatic heterocycles. The number of nitrogens with zero attached hydrogens (tertiary/aromatic N) is 1. The summed E-state index contributed by atoms with van der Waals surface area (Å²) in [5.74, 6) is 0.270. The number of carbonyl (C=O) groups excluding carboxylic acids is 1. The van der Waals surface area contributed by atoms with E-state index in [0.717, 1.165) is 29.1 Å². The maximum Gasteiger partial charge on any atom is 0.315 e. The quantitative estimate of drug-likeness (QED) is 0.766. The van der Waals surface area contributed by atoms with E-state index in [1.54, 1.807) is 23.5 Å². The number of rotatable bonds is 6. The Morgan fingerprint density at radius 1 is 1.36 bits per heavy atom. The summed E-state index contributed by atoms with van der Waals surface area (Å²) >= 11 is 1.55. The largest absolute Gasteiger partial charge is 0.508 e. The minimum atomic E-state index is -0.175. The number of urea groups is 1. The first-order valence-corrected chi connectivity index (χ1v) is 8.14. The SMILES string of the molecule is Cc1csc(CNC(=O)NC(C)CCc2ccc(O)cc2)n1. The van der Waals surface area contributed by atoms with Crippen LogP contribution in [0.2, 0.25) is 0 Å². The summed E-state index contributed by atoms with van der Waals surface area (Å²) in [6.07, 6.45) is 1.70. The van der Waals surface area contributed by atoms with Crippen LogP contribution in [-0.4, -0.2) is 22.2 Å². The van der Waals surface area contributed by atoms with E-state index in [1.165, 1.54) is 0 Å². The fraction of sp³-hybridized carbons (Fsp3) is 0.375. The third-order valence-electron chi connectivity index (χ3n) is 3.25. The highest BCUT2D eigenvalue weighted by atomic mass is 32.1. The zero-order chi connectivity index (χ0) is 15.9. The summed E-state index contributed by atoms with van der Waals surface area (Å²) in [7, 11) is 0. The zero-order valence-corrected chi connectivity index (χ0v) is 13.6. The lowest BCUT2D eigenvalue weighted by Crippen LogP contribution is -2.40. The van der Waals surface area contributed by atoms with Gasteiger partial charge in [-0.3, -0.25) is 0 Å². The van der Waals surface area contributed by atoms with Gasteiger partial charge in [0, 0.05) is 17.1 Å². The lowest BCUT2D eigenvalue weighted by Gasteiger charge is -2.14. The summed E-state index contributed by atoms with van der Waals surface area (Å²) in [5.41, 5.74) is 2.12. The second-order valence-corrected chi connectivity index (χ2v) is 6.26. The first-order valence-electron chi connectivity index (χ1n) is 7.26. The number of aromatic nitrogens is 1. The Morgan fingerprint density at radius 2 is 2.09 bits per heavy atom. The standard InChI is InChI=1S/C16H21N3O2S/c1-11(3-4-13-5-7-14(20)8-6-13)19-16(21)17-9-15-18-12(2)10-22-15/h5-8,10-11,20H,3-4,9H2,1-2H3,(H2,17,19,21). The van der Waals surface area contributed by atoms with Gasteiger partial charge in [-0.05, 0) is 44.4 Å². The predicted octanol–water partition coefficient (Wildman–Crippen LogP) is 2.98. The number of hydrogen-bond acceptors (Lipinski definition) is 4. The molecule has 2 rings (SSSR count). The maximum atomic E-state index is 11.8. The molecule has 0 spiro atoms. The van der Waals surface area contributed by atoms with Gasteiger partial charge in [0.15, 0.2) is 0 Å². The fourth-order valence-corrected chi connectivity index (χ4v) is 2.74. The molecule has 1 aromatic carbocycles. The molecule has 118 valence electrons. The van der Waals surface area contributed by atoms with E-state index in [1.807, 2.05) is 31.4 Å². The van der Waals surface area contributed by atoms with E-state index in [9.17, 15) is 9.90 Å². The number of benzene rings is 1. The normalized spacial score (nSPS) is 11.9. The van der Waals surface area contributed by atoms with Crippen LogP contribution in [0.3, 0.4) is 0 Å². The van der Waals surface area contributed by atoms with Gasteiger partial charge in [-0.2, -0.15) is 0 Å². The van der Waals surface area contributed by atoms with Crippen LogP contribution in [0.1, 0.15) is 29.6 Å². The van der Waals surface area contributed by atoms with Crippen LogP contribution in [0.15, 0.2) is 29.6 Å². The van der Waals surface area contributed by atoms with Gasteiger partial charge >= 0.3 is 6.03 Å². The highest BCUT2D eigenvalue weighted by Gasteiger charge is 2.08. The second kappa shape index (κ2) is 7.79. The Hall–Kier alpha value is -2.08. The highest BCUT2D eigenvalue weighted by Crippen LogP contribution is 2.12. The monoisotopic (exact) mass is 319 g/mol. The number of phenolic OH excluding ortho intramolecular Hbond substituents is 1. The van der Waals surface area contributed by atoms with Crippen molar-refractivity contribution in [2.75, 3.05) is 0 Å². The first-order chi connectivity index (χ1) is 10.5. The van der Waals surface area contributed by atoms with Crippen LogP contribution in [0.5, 0.6) is 5.75 Å². The minimum Gasteiger partial charge on any atom is -0.508 e. The number of nitrogens with one attached hydrogen (secondary N) is 2. The van der Waals surface area contributed by atoms with Crippen molar-refractivity contribution < 1.29 is 9.90 Å². The third-order valence-corrected chi connectivity index (χ3v) is 4.21. The molecule has 0 saturated heterocycles. The van der Waals surface area contributed by atoms with Crippen molar-refractivity contribution in [3.05, 3.63) is 45.9 Å². The van der Waals surface area contributed by atoms with Crippen molar-refractivity contribution in [1.82, 2.24) is 15.6 Å². The van der Waals surface area contributed by atoms with Gasteiger partial charge in [0.2, 0.25) is 0 Å². The van der Waals surface area contributed by atoms with Crippen LogP contribution in [0, 0.1) is 6.92 Å². The lowest BCUT2D eigenvalue weighted by molar-refractivity contribution is 0.237. The van der Waals surface area contributed by atoms with E-state index >= 15 is 0 Å². The van der Waals surface area contributed by atoms with Crippen LogP contribution >= 0.6 is 11.3 Å². The number of carbonyl (C=O) groups is 1.